The van der Waals surface area contributed by atoms with Crippen LogP contribution in [0.2, 0.25) is 0 Å². The van der Waals surface area contributed by atoms with Crippen LogP contribution in [-0.2, 0) is 4.74 Å². The molecule has 0 saturated heterocycles. The van der Waals surface area contributed by atoms with Gasteiger partial charge in [-0.25, -0.2) is 4.79 Å². The third-order valence-electron chi connectivity index (χ3n) is 5.06. The Morgan fingerprint density at radius 2 is 1.85 bits per heavy atom. The number of amides is 1. The second-order valence-electron chi connectivity index (χ2n) is 7.73. The zero-order chi connectivity index (χ0) is 24.4. The first-order chi connectivity index (χ1) is 15.6. The summed E-state index contributed by atoms with van der Waals surface area (Å²) in [7, 11) is 3.23. The van der Waals surface area contributed by atoms with E-state index in [1.807, 2.05) is 49.4 Å². The van der Waals surface area contributed by atoms with Crippen molar-refractivity contribution in [2.24, 2.45) is 5.92 Å². The summed E-state index contributed by atoms with van der Waals surface area (Å²) in [4.78, 5) is 14.0. The number of halogens is 3. The molecule has 182 valence electrons. The van der Waals surface area contributed by atoms with Gasteiger partial charge in [0.25, 0.3) is 0 Å². The predicted molar refractivity (Wildman–Crippen MR) is 133 cm³/mol. The molecule has 2 rings (SSSR count). The van der Waals surface area contributed by atoms with Crippen LogP contribution in [0.5, 0.6) is 11.5 Å². The number of aliphatic hydroxyl groups excluding tert-OH is 1. The van der Waals surface area contributed by atoms with Gasteiger partial charge in [0.2, 0.25) is 3.79 Å². The first kappa shape index (κ1) is 27.4. The summed E-state index contributed by atoms with van der Waals surface area (Å²) < 4.78 is 14.0. The van der Waals surface area contributed by atoms with Crippen LogP contribution < -0.4 is 9.47 Å². The topological polar surface area (TPSA) is 68.2 Å². The van der Waals surface area contributed by atoms with E-state index < -0.39 is 16.0 Å². The molecule has 1 heterocycles. The van der Waals surface area contributed by atoms with Crippen LogP contribution in [-0.4, -0.2) is 53.4 Å². The van der Waals surface area contributed by atoms with E-state index in [1.165, 1.54) is 4.90 Å². The van der Waals surface area contributed by atoms with Crippen molar-refractivity contribution in [3.8, 4) is 11.5 Å². The Balaban J connectivity index is 1.89. The molecule has 1 aromatic rings. The van der Waals surface area contributed by atoms with Gasteiger partial charge in [-0.2, -0.15) is 0 Å². The minimum Gasteiger partial charge on any atom is -0.497 e. The summed E-state index contributed by atoms with van der Waals surface area (Å²) in [6.45, 7) is 1.86. The van der Waals surface area contributed by atoms with Crippen LogP contribution in [0.15, 0.2) is 48.2 Å². The number of alkyl halides is 3. The van der Waals surface area contributed by atoms with Crippen LogP contribution >= 0.6 is 34.8 Å². The van der Waals surface area contributed by atoms with Crippen molar-refractivity contribution in [1.82, 2.24) is 4.90 Å². The molecule has 0 unspecified atom stereocenters. The summed E-state index contributed by atoms with van der Waals surface area (Å²) >= 11 is 17.0. The van der Waals surface area contributed by atoms with Gasteiger partial charge in [-0.05, 0) is 43.0 Å². The molecular formula is C24H30Cl3NO5. The Morgan fingerprint density at radius 3 is 2.45 bits per heavy atom. The van der Waals surface area contributed by atoms with E-state index in [0.717, 1.165) is 29.9 Å². The molecule has 0 aliphatic carbocycles. The molecule has 2 atom stereocenters. The highest BCUT2D eigenvalue weighted by molar-refractivity contribution is 6.67. The third-order valence-corrected chi connectivity index (χ3v) is 5.38. The Kier molecular flexibility index (Phi) is 10.9. The number of nitrogens with zero attached hydrogens (tertiary/aromatic N) is 1. The van der Waals surface area contributed by atoms with Gasteiger partial charge in [0, 0.05) is 24.2 Å². The average Bonchev–Trinajstić information content (AvgIpc) is 2.78. The Labute approximate surface area is 210 Å². The highest BCUT2D eigenvalue weighted by Gasteiger charge is 2.31. The van der Waals surface area contributed by atoms with E-state index in [2.05, 4.69) is 0 Å². The fourth-order valence-electron chi connectivity index (χ4n) is 3.26. The maximum atomic E-state index is 12.5. The first-order valence-corrected chi connectivity index (χ1v) is 11.7. The predicted octanol–water partition coefficient (Wildman–Crippen LogP) is 6.15. The van der Waals surface area contributed by atoms with Crippen molar-refractivity contribution in [3.05, 3.63) is 53.8 Å². The third kappa shape index (κ3) is 9.49. The van der Waals surface area contributed by atoms with Crippen molar-refractivity contribution >= 4 is 47.0 Å². The molecular weight excluding hydrogens is 489 g/mol. The lowest BCUT2D eigenvalue weighted by Crippen LogP contribution is -2.42. The standard InChI is InChI=1S/C24H30Cl3NO5/c1-17-15-28(23(30)33-16-24(25,26)27)19(13-22(17)29)10-8-6-4-5-7-9-18-11-20(31-2)14-21(12-18)32-3/h4-5,7,9,11-14,17,22,29H,6,8,10,15-16H2,1-3H3/b5-4+,9-7+/t17-,22+/m0/s1. The number of hydrogen-bond acceptors (Lipinski definition) is 5. The Morgan fingerprint density at radius 1 is 1.18 bits per heavy atom. The summed E-state index contributed by atoms with van der Waals surface area (Å²) in [6.07, 6.45) is 10.6. The molecule has 9 heteroatoms. The SMILES string of the molecule is COc1cc(/C=C/C=C/CCCC2=C[C@@H](O)[C@@H](C)CN2C(=O)OCC(Cl)(Cl)Cl)cc(OC)c1. The van der Waals surface area contributed by atoms with Gasteiger partial charge in [-0.15, -0.1) is 0 Å². The molecule has 1 N–H and O–H groups in total. The molecule has 0 spiro atoms. The van der Waals surface area contributed by atoms with E-state index in [4.69, 9.17) is 49.0 Å². The van der Waals surface area contributed by atoms with Crippen LogP contribution in [0.1, 0.15) is 31.7 Å². The van der Waals surface area contributed by atoms with Crippen LogP contribution in [0.25, 0.3) is 6.08 Å². The van der Waals surface area contributed by atoms with Gasteiger partial charge in [0.05, 0.1) is 20.3 Å². The number of hydrogen-bond donors (Lipinski definition) is 1. The second kappa shape index (κ2) is 13.1. The van der Waals surface area contributed by atoms with Gasteiger partial charge >= 0.3 is 6.09 Å². The van der Waals surface area contributed by atoms with E-state index in [1.54, 1.807) is 20.3 Å². The fourth-order valence-corrected chi connectivity index (χ4v) is 3.43. The number of benzene rings is 1. The number of allylic oxidation sites excluding steroid dienone is 4. The molecule has 6 nitrogen and oxygen atoms in total. The minimum absolute atomic E-state index is 0.116. The number of aliphatic hydroxyl groups is 1. The highest BCUT2D eigenvalue weighted by Crippen LogP contribution is 2.29. The van der Waals surface area contributed by atoms with Crippen LogP contribution in [0, 0.1) is 5.92 Å². The van der Waals surface area contributed by atoms with E-state index in [9.17, 15) is 9.90 Å². The van der Waals surface area contributed by atoms with Crippen molar-refractivity contribution in [1.29, 1.82) is 0 Å². The maximum Gasteiger partial charge on any atom is 0.414 e. The summed E-state index contributed by atoms with van der Waals surface area (Å²) in [5.74, 6) is 1.34. The Bertz CT molecular complexity index is 857. The van der Waals surface area contributed by atoms with Gasteiger partial charge in [-0.1, -0.05) is 66.0 Å². The molecule has 1 amide bonds. The molecule has 1 aromatic carbocycles. The number of ether oxygens (including phenoxy) is 3. The molecule has 1 aliphatic rings. The van der Waals surface area contributed by atoms with E-state index >= 15 is 0 Å². The lowest BCUT2D eigenvalue weighted by Gasteiger charge is -2.34. The first-order valence-electron chi connectivity index (χ1n) is 10.6. The van der Waals surface area contributed by atoms with E-state index in [-0.39, 0.29) is 12.5 Å². The van der Waals surface area contributed by atoms with Gasteiger partial charge in [0.1, 0.15) is 18.1 Å². The smallest absolute Gasteiger partial charge is 0.414 e. The molecule has 0 aromatic heterocycles. The summed E-state index contributed by atoms with van der Waals surface area (Å²) in [6, 6.07) is 5.66. The molecule has 0 bridgehead atoms. The number of carbonyl (C=O) groups is 1. The van der Waals surface area contributed by atoms with Crippen molar-refractivity contribution in [2.75, 3.05) is 27.4 Å². The lowest BCUT2D eigenvalue weighted by atomic mass is 9.97. The van der Waals surface area contributed by atoms with Crippen LogP contribution in [0.4, 0.5) is 4.79 Å². The normalized spacial score (nSPS) is 19.1. The zero-order valence-corrected chi connectivity index (χ0v) is 21.2. The van der Waals surface area contributed by atoms with Crippen molar-refractivity contribution in [3.63, 3.8) is 0 Å². The highest BCUT2D eigenvalue weighted by atomic mass is 35.6. The van der Waals surface area contributed by atoms with Gasteiger partial charge in [-0.3, -0.25) is 4.90 Å². The monoisotopic (exact) mass is 517 g/mol. The Hall–Kier alpha value is -1.86. The molecule has 1 aliphatic heterocycles. The zero-order valence-electron chi connectivity index (χ0n) is 19.0. The maximum absolute atomic E-state index is 12.5. The van der Waals surface area contributed by atoms with Crippen molar-refractivity contribution in [2.45, 2.75) is 36.1 Å². The van der Waals surface area contributed by atoms with E-state index in [0.29, 0.717) is 18.7 Å². The largest absolute Gasteiger partial charge is 0.497 e. The summed E-state index contributed by atoms with van der Waals surface area (Å²) in [5, 5.41) is 10.2. The van der Waals surface area contributed by atoms with Crippen LogP contribution in [0.3, 0.4) is 0 Å². The second-order valence-corrected chi connectivity index (χ2v) is 10.2. The average molecular weight is 519 g/mol. The van der Waals surface area contributed by atoms with Gasteiger partial charge in [0.15, 0.2) is 0 Å². The number of rotatable bonds is 9. The molecule has 0 fully saturated rings. The van der Waals surface area contributed by atoms with Gasteiger partial charge < -0.3 is 19.3 Å². The molecule has 0 radical (unpaired) electrons. The summed E-state index contributed by atoms with van der Waals surface area (Å²) in [5.41, 5.74) is 1.68. The quantitative estimate of drug-likeness (QED) is 0.241. The molecule has 0 saturated carbocycles. The van der Waals surface area contributed by atoms with Crippen molar-refractivity contribution < 1.29 is 24.1 Å². The number of methoxy groups -OCH3 is 2. The minimum atomic E-state index is -1.67. The number of unbranched alkanes of at least 4 members (excludes halogenated alkanes) is 1. The number of carbonyl (C=O) groups excluding carboxylic acids is 1. The molecule has 33 heavy (non-hydrogen) atoms. The fraction of sp³-hybridized carbons (Fsp3) is 0.458. The lowest BCUT2D eigenvalue weighted by molar-refractivity contribution is 0.0807.